The Balaban J connectivity index is 1.86. The second-order valence-corrected chi connectivity index (χ2v) is 4.84. The number of anilines is 1. The molecule has 0 radical (unpaired) electrons. The van der Waals surface area contributed by atoms with Crippen LogP contribution in [0, 0.1) is 0 Å². The Morgan fingerprint density at radius 3 is 3.11 bits per heavy atom. The second kappa shape index (κ2) is 4.59. The van der Waals surface area contributed by atoms with Gasteiger partial charge in [0.2, 0.25) is 0 Å². The van der Waals surface area contributed by atoms with Gasteiger partial charge in [0.05, 0.1) is 24.8 Å². The molecule has 0 spiro atoms. The summed E-state index contributed by atoms with van der Waals surface area (Å²) in [5.74, 6) is 0.592. The topological polar surface area (TPSA) is 56.3 Å². The molecule has 96 valence electrons. The highest BCUT2D eigenvalue weighted by Gasteiger charge is 2.19. The van der Waals surface area contributed by atoms with Gasteiger partial charge in [0.25, 0.3) is 0 Å². The van der Waals surface area contributed by atoms with E-state index in [9.17, 15) is 0 Å². The average molecular weight is 246 g/mol. The first-order valence-corrected chi connectivity index (χ1v) is 6.25. The number of fused-ring (bicyclic) bond motifs is 1. The Bertz CT molecular complexity index is 551. The van der Waals surface area contributed by atoms with E-state index in [-0.39, 0.29) is 6.10 Å². The van der Waals surface area contributed by atoms with E-state index >= 15 is 0 Å². The zero-order valence-electron chi connectivity index (χ0n) is 10.5. The van der Waals surface area contributed by atoms with Gasteiger partial charge in [-0.05, 0) is 19.2 Å². The van der Waals surface area contributed by atoms with Crippen LogP contribution in [0.4, 0.5) is 5.82 Å². The summed E-state index contributed by atoms with van der Waals surface area (Å²) in [5, 5.41) is 5.42. The minimum absolute atomic E-state index is 0.187. The van der Waals surface area contributed by atoms with Crippen LogP contribution < -0.4 is 5.73 Å². The number of nitrogens with zero attached hydrogens (tertiary/aromatic N) is 3. The summed E-state index contributed by atoms with van der Waals surface area (Å²) in [7, 11) is 2.12. The lowest BCUT2D eigenvalue weighted by Gasteiger charge is -2.30. The van der Waals surface area contributed by atoms with E-state index in [4.69, 9.17) is 10.5 Å². The van der Waals surface area contributed by atoms with Crippen molar-refractivity contribution < 1.29 is 4.74 Å². The van der Waals surface area contributed by atoms with Gasteiger partial charge in [-0.15, -0.1) is 0 Å². The number of hydrogen-bond donors (Lipinski definition) is 1. The Hall–Kier alpha value is -1.59. The summed E-state index contributed by atoms with van der Waals surface area (Å²) >= 11 is 0. The maximum absolute atomic E-state index is 5.93. The van der Waals surface area contributed by atoms with Crippen molar-refractivity contribution in [2.75, 3.05) is 32.5 Å². The lowest BCUT2D eigenvalue weighted by atomic mass is 10.2. The van der Waals surface area contributed by atoms with Crippen LogP contribution in [0.5, 0.6) is 0 Å². The van der Waals surface area contributed by atoms with Gasteiger partial charge in [-0.3, -0.25) is 4.68 Å². The largest absolute Gasteiger partial charge is 0.382 e. The molecule has 1 aliphatic rings. The molecule has 2 N–H and O–H groups in total. The number of rotatable bonds is 2. The fourth-order valence-corrected chi connectivity index (χ4v) is 2.46. The number of likely N-dealkylation sites (N-methyl/N-ethyl adjacent to an activating group) is 1. The fourth-order valence-electron chi connectivity index (χ4n) is 2.46. The van der Waals surface area contributed by atoms with E-state index in [0.717, 1.165) is 37.1 Å². The molecule has 3 rings (SSSR count). The highest BCUT2D eigenvalue weighted by Crippen LogP contribution is 2.20. The molecule has 1 unspecified atom stereocenters. The van der Waals surface area contributed by atoms with Crippen molar-refractivity contribution in [3.63, 3.8) is 0 Å². The summed E-state index contributed by atoms with van der Waals surface area (Å²) < 4.78 is 7.72. The summed E-state index contributed by atoms with van der Waals surface area (Å²) in [6, 6.07) is 8.04. The number of hydrogen-bond acceptors (Lipinski definition) is 4. The predicted octanol–water partition coefficient (Wildman–Crippen LogP) is 0.949. The van der Waals surface area contributed by atoms with Crippen LogP contribution in [0.25, 0.3) is 10.9 Å². The molecule has 5 heteroatoms. The molecule has 18 heavy (non-hydrogen) atoms. The first kappa shape index (κ1) is 11.5. The van der Waals surface area contributed by atoms with Crippen LogP contribution in [-0.4, -0.2) is 47.5 Å². The van der Waals surface area contributed by atoms with Crippen LogP contribution in [0.1, 0.15) is 0 Å². The van der Waals surface area contributed by atoms with Crippen LogP contribution in [0.15, 0.2) is 24.3 Å². The quantitative estimate of drug-likeness (QED) is 0.857. The van der Waals surface area contributed by atoms with Crippen LogP contribution >= 0.6 is 0 Å². The first-order valence-electron chi connectivity index (χ1n) is 6.25. The van der Waals surface area contributed by atoms with Gasteiger partial charge >= 0.3 is 0 Å². The van der Waals surface area contributed by atoms with E-state index in [0.29, 0.717) is 5.82 Å². The smallest absolute Gasteiger partial charge is 0.153 e. The van der Waals surface area contributed by atoms with E-state index in [1.807, 2.05) is 28.9 Å². The van der Waals surface area contributed by atoms with Crippen LogP contribution in [-0.2, 0) is 11.3 Å². The normalized spacial score (nSPS) is 21.5. The predicted molar refractivity (Wildman–Crippen MR) is 71.4 cm³/mol. The number of morpholine rings is 1. The molecule has 2 aromatic rings. The number of benzene rings is 1. The van der Waals surface area contributed by atoms with Crippen molar-refractivity contribution in [1.82, 2.24) is 14.7 Å². The standard InChI is InChI=1S/C13H18N4O/c1-16-6-7-18-10(8-16)9-17-12-5-3-2-4-11(12)13(14)15-17/h2-5,10H,6-9H2,1H3,(H2,14,15). The van der Waals surface area contributed by atoms with Gasteiger partial charge in [0, 0.05) is 18.5 Å². The summed E-state index contributed by atoms with van der Waals surface area (Å²) in [5.41, 5.74) is 7.00. The third-order valence-corrected chi connectivity index (χ3v) is 3.40. The minimum atomic E-state index is 0.187. The second-order valence-electron chi connectivity index (χ2n) is 4.84. The first-order chi connectivity index (χ1) is 8.74. The van der Waals surface area contributed by atoms with Gasteiger partial charge < -0.3 is 15.4 Å². The van der Waals surface area contributed by atoms with E-state index < -0.39 is 0 Å². The zero-order chi connectivity index (χ0) is 12.5. The van der Waals surface area contributed by atoms with Crippen molar-refractivity contribution in [1.29, 1.82) is 0 Å². The summed E-state index contributed by atoms with van der Waals surface area (Å²) in [6.45, 7) is 3.48. The van der Waals surface area contributed by atoms with Crippen molar-refractivity contribution in [2.24, 2.45) is 0 Å². The minimum Gasteiger partial charge on any atom is -0.382 e. The van der Waals surface area contributed by atoms with Crippen LogP contribution in [0.3, 0.4) is 0 Å². The maximum Gasteiger partial charge on any atom is 0.153 e. The zero-order valence-corrected chi connectivity index (χ0v) is 10.5. The van der Waals surface area contributed by atoms with Crippen molar-refractivity contribution >= 4 is 16.7 Å². The van der Waals surface area contributed by atoms with Gasteiger partial charge in [0.15, 0.2) is 5.82 Å². The third-order valence-electron chi connectivity index (χ3n) is 3.40. The van der Waals surface area contributed by atoms with Crippen LogP contribution in [0.2, 0.25) is 0 Å². The summed E-state index contributed by atoms with van der Waals surface area (Å²) in [6.07, 6.45) is 0.187. The SMILES string of the molecule is CN1CCOC(Cn2nc(N)c3ccccc32)C1. The Morgan fingerprint density at radius 1 is 1.44 bits per heavy atom. The molecule has 2 heterocycles. The number of aromatic nitrogens is 2. The van der Waals surface area contributed by atoms with Gasteiger partial charge in [-0.1, -0.05) is 12.1 Å². The number of nitrogens with two attached hydrogens (primary N) is 1. The molecule has 1 aromatic carbocycles. The van der Waals surface area contributed by atoms with E-state index in [2.05, 4.69) is 17.0 Å². The monoisotopic (exact) mass is 246 g/mol. The number of para-hydroxylation sites is 1. The molecule has 1 fully saturated rings. The lowest BCUT2D eigenvalue weighted by molar-refractivity contribution is -0.0284. The summed E-state index contributed by atoms with van der Waals surface area (Å²) in [4.78, 5) is 2.28. The van der Waals surface area contributed by atoms with Crippen molar-refractivity contribution in [3.8, 4) is 0 Å². The molecule has 5 nitrogen and oxygen atoms in total. The van der Waals surface area contributed by atoms with Gasteiger partial charge in [-0.25, -0.2) is 0 Å². The lowest BCUT2D eigenvalue weighted by Crippen LogP contribution is -2.42. The molecule has 0 saturated carbocycles. The van der Waals surface area contributed by atoms with Gasteiger partial charge in [-0.2, -0.15) is 5.10 Å². The molecule has 1 aromatic heterocycles. The molecule has 0 bridgehead atoms. The molecule has 0 aliphatic carbocycles. The maximum atomic E-state index is 5.93. The number of ether oxygens (including phenoxy) is 1. The molecule has 1 atom stereocenters. The molecule has 0 amide bonds. The Labute approximate surface area is 106 Å². The van der Waals surface area contributed by atoms with Crippen molar-refractivity contribution in [2.45, 2.75) is 12.6 Å². The molecule has 1 saturated heterocycles. The molecular weight excluding hydrogens is 228 g/mol. The molecule has 1 aliphatic heterocycles. The Morgan fingerprint density at radius 2 is 2.28 bits per heavy atom. The Kier molecular flexibility index (Phi) is 2.93. The third kappa shape index (κ3) is 2.07. The fraction of sp³-hybridized carbons (Fsp3) is 0.462. The molecular formula is C13H18N4O. The highest BCUT2D eigenvalue weighted by atomic mass is 16.5. The van der Waals surface area contributed by atoms with Gasteiger partial charge in [0.1, 0.15) is 0 Å². The average Bonchev–Trinajstić information content (AvgIpc) is 2.67. The van der Waals surface area contributed by atoms with E-state index in [1.54, 1.807) is 0 Å². The van der Waals surface area contributed by atoms with E-state index in [1.165, 1.54) is 0 Å². The van der Waals surface area contributed by atoms with Crippen molar-refractivity contribution in [3.05, 3.63) is 24.3 Å². The highest BCUT2D eigenvalue weighted by molar-refractivity contribution is 5.88. The number of nitrogen functional groups attached to an aromatic ring is 1.